The largest absolute Gasteiger partial charge is 0.493 e. The number of aromatic nitrogens is 5. The molecule has 174 valence electrons. The molecule has 1 aromatic carbocycles. The first-order valence-electron chi connectivity index (χ1n) is 9.86. The summed E-state index contributed by atoms with van der Waals surface area (Å²) in [6, 6.07) is 3.48. The van der Waals surface area contributed by atoms with Crippen LogP contribution in [0.2, 0.25) is 5.15 Å². The minimum absolute atomic E-state index is 0.0947. The molecule has 1 N–H and O–H groups in total. The number of fused-ring (bicyclic) bond motifs is 1. The lowest BCUT2D eigenvalue weighted by atomic mass is 10.2. The van der Waals surface area contributed by atoms with E-state index in [9.17, 15) is 13.2 Å². The summed E-state index contributed by atoms with van der Waals surface area (Å²) in [5.41, 5.74) is 0.603. The maximum Gasteiger partial charge on any atom is 0.229 e. The van der Waals surface area contributed by atoms with Gasteiger partial charge in [0.2, 0.25) is 5.95 Å². The summed E-state index contributed by atoms with van der Waals surface area (Å²) in [6.45, 7) is 0.468. The van der Waals surface area contributed by atoms with Crippen LogP contribution in [-0.4, -0.2) is 44.8 Å². The van der Waals surface area contributed by atoms with Gasteiger partial charge in [0.05, 0.1) is 31.7 Å². The van der Waals surface area contributed by atoms with Crippen LogP contribution in [0.5, 0.6) is 11.5 Å². The molecule has 0 unspecified atom stereocenters. The molecule has 0 atom stereocenters. The SMILES string of the molecule is COc1cc(Nc2ncc3c(n2)N(c2cc(F)c(F)c(F)c2)CCO3)cnc1-n1cnc(Cl)c1. The summed E-state index contributed by atoms with van der Waals surface area (Å²) in [4.78, 5) is 18.5. The second-order valence-corrected chi connectivity index (χ2v) is 7.47. The summed E-state index contributed by atoms with van der Waals surface area (Å²) in [5.74, 6) is -2.49. The number of hydrogen-bond acceptors (Lipinski definition) is 8. The van der Waals surface area contributed by atoms with Gasteiger partial charge in [-0.1, -0.05) is 11.6 Å². The van der Waals surface area contributed by atoms with Gasteiger partial charge >= 0.3 is 0 Å². The zero-order chi connectivity index (χ0) is 23.8. The van der Waals surface area contributed by atoms with Crippen LogP contribution in [0.1, 0.15) is 0 Å². The molecule has 13 heteroatoms. The highest BCUT2D eigenvalue weighted by Crippen LogP contribution is 2.36. The van der Waals surface area contributed by atoms with Crippen LogP contribution in [0.4, 0.5) is 36.3 Å². The van der Waals surface area contributed by atoms with Crippen molar-refractivity contribution in [3.8, 4) is 17.3 Å². The molecule has 34 heavy (non-hydrogen) atoms. The summed E-state index contributed by atoms with van der Waals surface area (Å²) < 4.78 is 53.6. The highest BCUT2D eigenvalue weighted by atomic mass is 35.5. The lowest BCUT2D eigenvalue weighted by Gasteiger charge is -2.30. The van der Waals surface area contributed by atoms with E-state index in [4.69, 9.17) is 21.1 Å². The van der Waals surface area contributed by atoms with Gasteiger partial charge in [-0.05, 0) is 0 Å². The van der Waals surface area contributed by atoms with Crippen LogP contribution in [0.25, 0.3) is 5.82 Å². The molecular formula is C21H15ClF3N7O2. The molecule has 0 amide bonds. The zero-order valence-corrected chi connectivity index (χ0v) is 18.2. The van der Waals surface area contributed by atoms with E-state index in [0.29, 0.717) is 28.2 Å². The minimum atomic E-state index is -1.54. The Morgan fingerprint density at radius 2 is 1.85 bits per heavy atom. The van der Waals surface area contributed by atoms with Crippen molar-refractivity contribution in [1.29, 1.82) is 0 Å². The number of nitrogens with zero attached hydrogens (tertiary/aromatic N) is 6. The van der Waals surface area contributed by atoms with E-state index in [0.717, 1.165) is 12.1 Å². The molecule has 0 fully saturated rings. The number of halogens is 4. The van der Waals surface area contributed by atoms with Gasteiger partial charge in [0.15, 0.2) is 40.6 Å². The quantitative estimate of drug-likeness (QED) is 0.412. The Hall–Kier alpha value is -4.06. The van der Waals surface area contributed by atoms with Crippen molar-refractivity contribution in [1.82, 2.24) is 24.5 Å². The Morgan fingerprint density at radius 3 is 2.56 bits per heavy atom. The van der Waals surface area contributed by atoms with Gasteiger partial charge in [-0.3, -0.25) is 4.57 Å². The predicted molar refractivity (Wildman–Crippen MR) is 117 cm³/mol. The van der Waals surface area contributed by atoms with Crippen LogP contribution in [-0.2, 0) is 0 Å². The number of pyridine rings is 1. The van der Waals surface area contributed by atoms with Crippen LogP contribution >= 0.6 is 11.6 Å². The molecule has 0 spiro atoms. The number of ether oxygens (including phenoxy) is 2. The Kier molecular flexibility index (Phi) is 5.57. The maximum atomic E-state index is 13.8. The average Bonchev–Trinajstić information content (AvgIpc) is 3.27. The minimum Gasteiger partial charge on any atom is -0.493 e. The lowest BCUT2D eigenvalue weighted by Crippen LogP contribution is -2.30. The van der Waals surface area contributed by atoms with Crippen LogP contribution < -0.4 is 19.7 Å². The topological polar surface area (TPSA) is 90.2 Å². The van der Waals surface area contributed by atoms with Gasteiger partial charge in [0.1, 0.15) is 18.1 Å². The summed E-state index contributed by atoms with van der Waals surface area (Å²) >= 11 is 5.88. The van der Waals surface area contributed by atoms with Crippen molar-refractivity contribution in [3.63, 3.8) is 0 Å². The van der Waals surface area contributed by atoms with Gasteiger partial charge in [-0.2, -0.15) is 4.98 Å². The second kappa shape index (κ2) is 8.71. The lowest BCUT2D eigenvalue weighted by molar-refractivity contribution is 0.310. The number of benzene rings is 1. The molecule has 1 aliphatic heterocycles. The summed E-state index contributed by atoms with van der Waals surface area (Å²) in [6.07, 6.45) is 6.05. The fourth-order valence-corrected chi connectivity index (χ4v) is 3.56. The average molecular weight is 490 g/mol. The Bertz CT molecular complexity index is 1360. The second-order valence-electron chi connectivity index (χ2n) is 7.08. The van der Waals surface area contributed by atoms with Gasteiger partial charge < -0.3 is 19.7 Å². The van der Waals surface area contributed by atoms with Gasteiger partial charge in [0, 0.05) is 30.1 Å². The summed E-state index contributed by atoms with van der Waals surface area (Å²) in [5, 5.41) is 3.32. The maximum absolute atomic E-state index is 13.8. The smallest absolute Gasteiger partial charge is 0.229 e. The van der Waals surface area contributed by atoms with E-state index < -0.39 is 17.5 Å². The van der Waals surface area contributed by atoms with Crippen molar-refractivity contribution in [2.75, 3.05) is 30.5 Å². The van der Waals surface area contributed by atoms with E-state index in [2.05, 4.69) is 25.3 Å². The fraction of sp³-hybridized carbons (Fsp3) is 0.143. The first-order valence-corrected chi connectivity index (χ1v) is 10.2. The van der Waals surface area contributed by atoms with Crippen molar-refractivity contribution in [2.45, 2.75) is 0 Å². The molecule has 0 aliphatic carbocycles. The first-order chi connectivity index (χ1) is 16.4. The molecule has 0 saturated carbocycles. The number of nitrogens with one attached hydrogen (secondary N) is 1. The third-order valence-corrected chi connectivity index (χ3v) is 5.14. The van der Waals surface area contributed by atoms with E-state index in [-0.39, 0.29) is 30.6 Å². The zero-order valence-electron chi connectivity index (χ0n) is 17.5. The van der Waals surface area contributed by atoms with Gasteiger partial charge in [-0.15, -0.1) is 0 Å². The third kappa shape index (κ3) is 4.03. The van der Waals surface area contributed by atoms with E-state index in [1.165, 1.54) is 30.7 Å². The highest BCUT2D eigenvalue weighted by Gasteiger charge is 2.25. The number of hydrogen-bond donors (Lipinski definition) is 1. The van der Waals surface area contributed by atoms with Crippen LogP contribution in [0.15, 0.2) is 43.1 Å². The molecule has 9 nitrogen and oxygen atoms in total. The number of imidazole rings is 1. The molecule has 1 aliphatic rings. The van der Waals surface area contributed by atoms with Crippen molar-refractivity contribution in [3.05, 3.63) is 65.7 Å². The Balaban J connectivity index is 1.46. The molecule has 0 radical (unpaired) electrons. The Labute approximate surface area is 195 Å². The van der Waals surface area contributed by atoms with Crippen molar-refractivity contribution < 1.29 is 22.6 Å². The molecule has 3 aromatic heterocycles. The van der Waals surface area contributed by atoms with Crippen molar-refractivity contribution in [2.24, 2.45) is 0 Å². The van der Waals surface area contributed by atoms with Crippen LogP contribution in [0, 0.1) is 17.5 Å². The van der Waals surface area contributed by atoms with Gasteiger partial charge in [-0.25, -0.2) is 28.1 Å². The van der Waals surface area contributed by atoms with E-state index in [1.54, 1.807) is 16.8 Å². The molecule has 5 rings (SSSR count). The monoisotopic (exact) mass is 489 g/mol. The van der Waals surface area contributed by atoms with E-state index in [1.807, 2.05) is 0 Å². The third-order valence-electron chi connectivity index (χ3n) is 4.95. The normalized spacial score (nSPS) is 12.8. The molecular weight excluding hydrogens is 475 g/mol. The fourth-order valence-electron chi connectivity index (χ4n) is 3.41. The number of rotatable bonds is 5. The highest BCUT2D eigenvalue weighted by molar-refractivity contribution is 6.29. The first kappa shape index (κ1) is 21.8. The molecule has 0 bridgehead atoms. The van der Waals surface area contributed by atoms with Crippen molar-refractivity contribution >= 4 is 34.7 Å². The van der Waals surface area contributed by atoms with Crippen LogP contribution in [0.3, 0.4) is 0 Å². The Morgan fingerprint density at radius 1 is 1.06 bits per heavy atom. The molecule has 0 saturated heterocycles. The standard InChI is InChI=1S/C21H15ClF3N7O2/c1-33-15-4-11(7-26-19(15)31-9-17(22)28-10-31)29-21-27-8-16-20(30-21)32(2-3-34-16)12-5-13(23)18(25)14(24)6-12/h4-10H,2-3H2,1H3,(H,27,29,30). The molecule has 4 aromatic rings. The number of methoxy groups -OCH3 is 1. The summed E-state index contributed by atoms with van der Waals surface area (Å²) in [7, 11) is 1.49. The van der Waals surface area contributed by atoms with Gasteiger partial charge in [0.25, 0.3) is 0 Å². The predicted octanol–water partition coefficient (Wildman–Crippen LogP) is 4.41. The van der Waals surface area contributed by atoms with E-state index >= 15 is 0 Å². The number of anilines is 4. The molecule has 4 heterocycles.